The molecule has 0 aliphatic heterocycles. The van der Waals surface area contributed by atoms with Gasteiger partial charge in [-0.3, -0.25) is 0 Å². The monoisotopic (exact) mass is 315 g/mol. The molecule has 0 aromatic heterocycles. The van der Waals surface area contributed by atoms with Gasteiger partial charge in [0.1, 0.15) is 0 Å². The molecule has 3 nitrogen and oxygen atoms in total. The minimum Gasteiger partial charge on any atom is -0.743 e. The highest BCUT2D eigenvalue weighted by atomic mass is 32.2. The molecule has 1 unspecified atom stereocenters. The van der Waals surface area contributed by atoms with Gasteiger partial charge < -0.3 is 4.55 Å². The smallest absolute Gasteiger partial charge is 0.389 e. The van der Waals surface area contributed by atoms with Crippen LogP contribution >= 0.6 is 0 Å². The van der Waals surface area contributed by atoms with Crippen molar-refractivity contribution in [2.24, 2.45) is 0 Å². The number of hydrogen-bond donors (Lipinski definition) is 0. The Bertz CT molecular complexity index is 365. The van der Waals surface area contributed by atoms with Crippen molar-refractivity contribution in [3.8, 4) is 0 Å². The summed E-state index contributed by atoms with van der Waals surface area (Å²) in [5.41, 5.74) is 0. The number of unbranched alkanes of at least 4 members (excludes halogenated alkanes) is 3. The fourth-order valence-electron chi connectivity index (χ4n) is 1.33. The van der Waals surface area contributed by atoms with E-state index in [2.05, 4.69) is 0 Å². The zero-order valence-electron chi connectivity index (χ0n) is 9.72. The summed E-state index contributed by atoms with van der Waals surface area (Å²) in [6.07, 6.45) is -9.67. The van der Waals surface area contributed by atoms with Crippen LogP contribution in [0.5, 0.6) is 0 Å². The molecule has 0 saturated heterocycles. The van der Waals surface area contributed by atoms with E-state index in [9.17, 15) is 39.3 Å². The molecule has 0 radical (unpaired) electrons. The van der Waals surface area contributed by atoms with Crippen molar-refractivity contribution in [2.45, 2.75) is 56.1 Å². The molecule has 19 heavy (non-hydrogen) atoms. The lowest BCUT2D eigenvalue weighted by Crippen LogP contribution is -2.38. The third-order valence-electron chi connectivity index (χ3n) is 2.37. The predicted octanol–water partition coefficient (Wildman–Crippen LogP) is 3.37. The number of rotatable bonds is 8. The van der Waals surface area contributed by atoms with Gasteiger partial charge in [-0.05, 0) is 12.8 Å². The van der Waals surface area contributed by atoms with Crippen LogP contribution in [0.1, 0.15) is 38.5 Å². The average Bonchev–Trinajstić information content (AvgIpc) is 2.19. The summed E-state index contributed by atoms with van der Waals surface area (Å²) in [4.78, 5) is 0. The molecule has 0 heterocycles. The maximum Gasteiger partial charge on any atom is 0.389 e. The molecule has 0 fully saturated rings. The van der Waals surface area contributed by atoms with E-state index < -0.39 is 40.6 Å². The fraction of sp³-hybridized carbons (Fsp3) is 1.00. The molecular formula is C9H13F6O3S-. The Morgan fingerprint density at radius 3 is 1.84 bits per heavy atom. The first-order chi connectivity index (χ1) is 8.38. The maximum atomic E-state index is 12.9. The van der Waals surface area contributed by atoms with Crippen LogP contribution in [0.3, 0.4) is 0 Å². The number of alkyl halides is 6. The van der Waals surface area contributed by atoms with Crippen molar-refractivity contribution >= 4 is 10.1 Å². The van der Waals surface area contributed by atoms with Crippen molar-refractivity contribution in [3.63, 3.8) is 0 Å². The second-order valence-electron chi connectivity index (χ2n) is 4.05. The van der Waals surface area contributed by atoms with E-state index >= 15 is 0 Å². The maximum absolute atomic E-state index is 12.9. The van der Waals surface area contributed by atoms with Gasteiger partial charge in [0, 0.05) is 6.42 Å². The highest BCUT2D eigenvalue weighted by molar-refractivity contribution is 7.86. The minimum atomic E-state index is -6.08. The van der Waals surface area contributed by atoms with Gasteiger partial charge in [-0.1, -0.05) is 19.3 Å². The van der Waals surface area contributed by atoms with E-state index in [0.29, 0.717) is 0 Å². The fourth-order valence-corrected chi connectivity index (χ4v) is 1.76. The molecule has 0 amide bonds. The molecule has 0 aromatic carbocycles. The van der Waals surface area contributed by atoms with Crippen LogP contribution in [0.25, 0.3) is 0 Å². The van der Waals surface area contributed by atoms with Crippen molar-refractivity contribution in [2.75, 3.05) is 0 Å². The largest absolute Gasteiger partial charge is 0.743 e. The van der Waals surface area contributed by atoms with Crippen LogP contribution in [0.15, 0.2) is 0 Å². The summed E-state index contributed by atoms with van der Waals surface area (Å²) >= 11 is 0. The second-order valence-corrected chi connectivity index (χ2v) is 5.50. The van der Waals surface area contributed by atoms with Gasteiger partial charge in [-0.15, -0.1) is 0 Å². The summed E-state index contributed by atoms with van der Waals surface area (Å²) < 4.78 is 103. The van der Waals surface area contributed by atoms with Gasteiger partial charge in [-0.25, -0.2) is 12.8 Å². The Hall–Kier alpha value is -0.510. The van der Waals surface area contributed by atoms with E-state index in [1.54, 1.807) is 0 Å². The normalized spacial score (nSPS) is 15.5. The van der Waals surface area contributed by atoms with Crippen LogP contribution in [0.4, 0.5) is 26.3 Å². The highest BCUT2D eigenvalue weighted by Gasteiger charge is 2.46. The topological polar surface area (TPSA) is 57.2 Å². The highest BCUT2D eigenvalue weighted by Crippen LogP contribution is 2.30. The van der Waals surface area contributed by atoms with Gasteiger partial charge in [-0.2, -0.15) is 22.0 Å². The Balaban J connectivity index is 3.91. The molecule has 0 saturated carbocycles. The Morgan fingerprint density at radius 1 is 0.947 bits per heavy atom. The van der Waals surface area contributed by atoms with Crippen LogP contribution in [-0.2, 0) is 10.1 Å². The first-order valence-corrected chi connectivity index (χ1v) is 6.83. The molecule has 116 valence electrons. The second kappa shape index (κ2) is 6.78. The van der Waals surface area contributed by atoms with Crippen LogP contribution < -0.4 is 0 Å². The summed E-state index contributed by atoms with van der Waals surface area (Å²) in [5.74, 6) is 0. The molecule has 0 N–H and O–H groups in total. The summed E-state index contributed by atoms with van der Waals surface area (Å²) in [6.45, 7) is 0. The lowest BCUT2D eigenvalue weighted by Gasteiger charge is -2.23. The average molecular weight is 315 g/mol. The van der Waals surface area contributed by atoms with Crippen molar-refractivity contribution in [3.05, 3.63) is 0 Å². The van der Waals surface area contributed by atoms with Crippen molar-refractivity contribution in [1.82, 2.24) is 0 Å². The van der Waals surface area contributed by atoms with Crippen LogP contribution in [-0.4, -0.2) is 30.6 Å². The third-order valence-corrected chi connectivity index (χ3v) is 3.29. The third kappa shape index (κ3) is 7.00. The van der Waals surface area contributed by atoms with E-state index in [-0.39, 0.29) is 25.7 Å². The number of hydrogen-bond acceptors (Lipinski definition) is 3. The Kier molecular flexibility index (Phi) is 6.60. The van der Waals surface area contributed by atoms with Gasteiger partial charge in [0.25, 0.3) is 0 Å². The van der Waals surface area contributed by atoms with E-state index in [0.717, 1.165) is 0 Å². The van der Waals surface area contributed by atoms with E-state index in [1.165, 1.54) is 0 Å². The van der Waals surface area contributed by atoms with Gasteiger partial charge in [0.05, 0.1) is 0 Å². The molecule has 1 atom stereocenters. The van der Waals surface area contributed by atoms with Gasteiger partial charge in [0.15, 0.2) is 16.3 Å². The van der Waals surface area contributed by atoms with Crippen molar-refractivity contribution in [1.29, 1.82) is 0 Å². The van der Waals surface area contributed by atoms with Crippen LogP contribution in [0.2, 0.25) is 0 Å². The lowest BCUT2D eigenvalue weighted by molar-refractivity contribution is -0.135. The molecule has 0 rings (SSSR count). The zero-order chi connectivity index (χ0) is 15.3. The first-order valence-electron chi connectivity index (χ1n) is 5.42. The molecular weight excluding hydrogens is 302 g/mol. The summed E-state index contributed by atoms with van der Waals surface area (Å²) in [6, 6.07) is 0. The van der Waals surface area contributed by atoms with Crippen LogP contribution in [0, 0.1) is 0 Å². The molecule has 0 bridgehead atoms. The molecule has 0 spiro atoms. The SMILES string of the molecule is O=S(=O)([O-])C(F)(F)C(F)CCCCCCC(F)(F)F. The molecule has 10 heteroatoms. The Morgan fingerprint density at radius 2 is 1.42 bits per heavy atom. The Labute approximate surface area is 106 Å². The summed E-state index contributed by atoms with van der Waals surface area (Å²) in [7, 11) is -6.08. The van der Waals surface area contributed by atoms with Crippen molar-refractivity contribution < 1.29 is 39.3 Å². The minimum absolute atomic E-state index is 0.0471. The van der Waals surface area contributed by atoms with Gasteiger partial charge >= 0.3 is 11.4 Å². The summed E-state index contributed by atoms with van der Waals surface area (Å²) in [5, 5.41) is -5.00. The zero-order valence-corrected chi connectivity index (χ0v) is 10.5. The molecule has 0 aromatic rings. The van der Waals surface area contributed by atoms with E-state index in [4.69, 9.17) is 0 Å². The molecule has 0 aliphatic rings. The predicted molar refractivity (Wildman–Crippen MR) is 53.3 cm³/mol. The van der Waals surface area contributed by atoms with Gasteiger partial charge in [0.2, 0.25) is 0 Å². The van der Waals surface area contributed by atoms with E-state index in [1.807, 2.05) is 0 Å². The number of halogens is 6. The molecule has 0 aliphatic carbocycles. The standard InChI is InChI=1S/C9H14F6O3S/c10-7(9(14,15)19(16,17)18)5-3-1-2-4-6-8(11,12)13/h7H,1-6H2,(H,16,17,18)/p-1. The lowest BCUT2D eigenvalue weighted by atomic mass is 10.1. The first kappa shape index (κ1) is 18.5. The quantitative estimate of drug-likeness (QED) is 0.392.